The van der Waals surface area contributed by atoms with E-state index in [1.54, 1.807) is 6.07 Å². The Morgan fingerprint density at radius 3 is 2.47 bits per heavy atom. The van der Waals surface area contributed by atoms with Crippen molar-refractivity contribution in [3.63, 3.8) is 0 Å². The second-order valence-electron chi connectivity index (χ2n) is 3.10. The van der Waals surface area contributed by atoms with Crippen LogP contribution in [-0.4, -0.2) is 9.91 Å². The number of aromatic nitrogens is 1. The summed E-state index contributed by atoms with van der Waals surface area (Å²) in [7, 11) is 0. The van der Waals surface area contributed by atoms with E-state index in [1.165, 1.54) is 0 Å². The predicted octanol–water partition coefficient (Wildman–Crippen LogP) is 4.87. The van der Waals surface area contributed by atoms with E-state index in [0.29, 0.717) is 15.4 Å². The van der Waals surface area contributed by atoms with Crippen molar-refractivity contribution in [2.24, 2.45) is 0 Å². The first-order valence-corrected chi connectivity index (χ1v) is 6.12. The molecule has 1 aromatic heterocycles. The lowest BCUT2D eigenvalue weighted by Gasteiger charge is -2.06. The van der Waals surface area contributed by atoms with Crippen molar-refractivity contribution in [1.82, 2.24) is 4.98 Å². The van der Waals surface area contributed by atoms with Crippen LogP contribution >= 0.6 is 50.7 Å². The average molecular weight is 356 g/mol. The molecule has 0 bridgehead atoms. The van der Waals surface area contributed by atoms with Crippen LogP contribution in [0.15, 0.2) is 16.7 Å². The molecule has 0 spiro atoms. The summed E-state index contributed by atoms with van der Waals surface area (Å²) in [6.45, 7) is 0. The minimum absolute atomic E-state index is 0.0146. The summed E-state index contributed by atoms with van der Waals surface area (Å²) >= 11 is 21.0. The molecule has 8 heteroatoms. The van der Waals surface area contributed by atoms with Crippen LogP contribution in [0.5, 0.6) is 0 Å². The smallest absolute Gasteiger partial charge is 0.258 e. The van der Waals surface area contributed by atoms with Gasteiger partial charge < -0.3 is 0 Å². The second kappa shape index (κ2) is 4.57. The highest BCUT2D eigenvalue weighted by atomic mass is 79.9. The Labute approximate surface area is 119 Å². The van der Waals surface area contributed by atoms with Crippen molar-refractivity contribution in [3.8, 4) is 0 Å². The minimum Gasteiger partial charge on any atom is -0.258 e. The van der Waals surface area contributed by atoms with Gasteiger partial charge in [-0.3, -0.25) is 10.1 Å². The van der Waals surface area contributed by atoms with E-state index in [4.69, 9.17) is 34.8 Å². The third-order valence-corrected chi connectivity index (χ3v) is 4.22. The zero-order valence-corrected chi connectivity index (χ0v) is 11.7. The van der Waals surface area contributed by atoms with Gasteiger partial charge in [-0.1, -0.05) is 34.8 Å². The molecule has 1 aromatic carbocycles. The lowest BCUT2D eigenvalue weighted by Crippen LogP contribution is -1.92. The fourth-order valence-electron chi connectivity index (χ4n) is 1.33. The van der Waals surface area contributed by atoms with Gasteiger partial charge in [0.15, 0.2) is 0 Å². The molecule has 2 rings (SSSR count). The van der Waals surface area contributed by atoms with Crippen LogP contribution < -0.4 is 0 Å². The van der Waals surface area contributed by atoms with E-state index >= 15 is 0 Å². The topological polar surface area (TPSA) is 56.0 Å². The molecule has 0 radical (unpaired) electrons. The van der Waals surface area contributed by atoms with Gasteiger partial charge in [0.2, 0.25) is 0 Å². The monoisotopic (exact) mass is 354 g/mol. The predicted molar refractivity (Wildman–Crippen MR) is 71.1 cm³/mol. The summed E-state index contributed by atoms with van der Waals surface area (Å²) in [5, 5.41) is 11.6. The number of nitro groups is 1. The number of hydrogen-bond acceptors (Lipinski definition) is 3. The molecule has 2 aromatic rings. The summed E-state index contributed by atoms with van der Waals surface area (Å²) in [6.07, 6.45) is 1.06. The molecule has 4 nitrogen and oxygen atoms in total. The molecule has 0 atom stereocenters. The van der Waals surface area contributed by atoms with Gasteiger partial charge >= 0.3 is 5.69 Å². The standard InChI is InChI=1S/C9H2BrCl3N2O2/c10-4-1-3-6(11)5(15(16)17)2-14-9(3)8(13)7(4)12/h1-2H. The Morgan fingerprint density at radius 2 is 1.88 bits per heavy atom. The summed E-state index contributed by atoms with van der Waals surface area (Å²) in [5.41, 5.74) is 0.0555. The third kappa shape index (κ3) is 2.08. The van der Waals surface area contributed by atoms with Gasteiger partial charge in [-0.2, -0.15) is 0 Å². The molecule has 0 fully saturated rings. The SMILES string of the molecule is O=[N+]([O-])c1cnc2c(Cl)c(Cl)c(Br)cc2c1Cl. The van der Waals surface area contributed by atoms with Crippen molar-refractivity contribution in [3.05, 3.63) is 41.9 Å². The lowest BCUT2D eigenvalue weighted by atomic mass is 10.2. The maximum Gasteiger partial charge on any atom is 0.306 e. The molecule has 0 aliphatic heterocycles. The number of hydrogen-bond donors (Lipinski definition) is 0. The molecular formula is C9H2BrCl3N2O2. The van der Waals surface area contributed by atoms with Gasteiger partial charge in [0, 0.05) is 9.86 Å². The Kier molecular flexibility index (Phi) is 3.45. The van der Waals surface area contributed by atoms with E-state index in [0.717, 1.165) is 6.20 Å². The normalized spacial score (nSPS) is 10.8. The molecule has 17 heavy (non-hydrogen) atoms. The third-order valence-electron chi connectivity index (χ3n) is 2.11. The van der Waals surface area contributed by atoms with Crippen LogP contribution in [0, 0.1) is 10.1 Å². The van der Waals surface area contributed by atoms with Crippen molar-refractivity contribution in [2.45, 2.75) is 0 Å². The molecule has 0 saturated carbocycles. The molecule has 0 amide bonds. The lowest BCUT2D eigenvalue weighted by molar-refractivity contribution is -0.384. The maximum atomic E-state index is 10.7. The Bertz CT molecular complexity index is 648. The molecule has 0 saturated heterocycles. The average Bonchev–Trinajstić information content (AvgIpc) is 2.27. The summed E-state index contributed by atoms with van der Waals surface area (Å²) in [6, 6.07) is 1.55. The largest absolute Gasteiger partial charge is 0.306 e. The first kappa shape index (κ1) is 12.8. The van der Waals surface area contributed by atoms with Gasteiger partial charge in [0.25, 0.3) is 0 Å². The van der Waals surface area contributed by atoms with Crippen molar-refractivity contribution in [2.75, 3.05) is 0 Å². The fraction of sp³-hybridized carbons (Fsp3) is 0. The number of halogens is 4. The van der Waals surface area contributed by atoms with Gasteiger partial charge in [-0.25, -0.2) is 4.98 Å². The first-order chi connectivity index (χ1) is 7.93. The van der Waals surface area contributed by atoms with E-state index in [1.807, 2.05) is 0 Å². The summed E-state index contributed by atoms with van der Waals surface area (Å²) < 4.78 is 0.501. The zero-order chi connectivity index (χ0) is 12.7. The van der Waals surface area contributed by atoms with Crippen LogP contribution in [0.25, 0.3) is 10.9 Å². The zero-order valence-electron chi connectivity index (χ0n) is 7.88. The van der Waals surface area contributed by atoms with Gasteiger partial charge in [-0.05, 0) is 22.0 Å². The number of benzene rings is 1. The minimum atomic E-state index is -0.606. The van der Waals surface area contributed by atoms with Crippen LogP contribution in [0.4, 0.5) is 5.69 Å². The van der Waals surface area contributed by atoms with E-state index in [9.17, 15) is 10.1 Å². The summed E-state index contributed by atoms with van der Waals surface area (Å²) in [5.74, 6) is 0. The van der Waals surface area contributed by atoms with Crippen molar-refractivity contribution in [1.29, 1.82) is 0 Å². The fourth-order valence-corrected chi connectivity index (χ4v) is 2.53. The van der Waals surface area contributed by atoms with E-state index in [-0.39, 0.29) is 20.8 Å². The Morgan fingerprint density at radius 1 is 1.24 bits per heavy atom. The second-order valence-corrected chi connectivity index (χ2v) is 5.09. The summed E-state index contributed by atoms with van der Waals surface area (Å²) in [4.78, 5) is 14.0. The van der Waals surface area contributed by atoms with Crippen LogP contribution in [0.1, 0.15) is 0 Å². The molecule has 0 aliphatic carbocycles. The highest BCUT2D eigenvalue weighted by Crippen LogP contribution is 2.40. The molecule has 0 N–H and O–H groups in total. The highest BCUT2D eigenvalue weighted by molar-refractivity contribution is 9.10. The number of rotatable bonds is 1. The molecular weight excluding hydrogens is 354 g/mol. The number of nitrogens with zero attached hydrogens (tertiary/aromatic N) is 2. The molecule has 88 valence electrons. The highest BCUT2D eigenvalue weighted by Gasteiger charge is 2.19. The van der Waals surface area contributed by atoms with Gasteiger partial charge in [0.1, 0.15) is 11.2 Å². The van der Waals surface area contributed by atoms with E-state index < -0.39 is 4.92 Å². The number of pyridine rings is 1. The van der Waals surface area contributed by atoms with E-state index in [2.05, 4.69) is 20.9 Å². The molecule has 0 unspecified atom stereocenters. The Hall–Kier alpha value is -0.620. The van der Waals surface area contributed by atoms with Crippen LogP contribution in [-0.2, 0) is 0 Å². The molecule has 1 heterocycles. The Balaban J connectivity index is 2.92. The molecule has 0 aliphatic rings. The quantitative estimate of drug-likeness (QED) is 0.416. The first-order valence-electron chi connectivity index (χ1n) is 4.19. The van der Waals surface area contributed by atoms with Gasteiger partial charge in [0.05, 0.1) is 20.5 Å². The number of fused-ring (bicyclic) bond motifs is 1. The van der Waals surface area contributed by atoms with Crippen LogP contribution in [0.3, 0.4) is 0 Å². The van der Waals surface area contributed by atoms with Crippen molar-refractivity contribution < 1.29 is 4.92 Å². The van der Waals surface area contributed by atoms with Crippen LogP contribution in [0.2, 0.25) is 15.1 Å². The van der Waals surface area contributed by atoms with Crippen molar-refractivity contribution >= 4 is 67.3 Å². The van der Waals surface area contributed by atoms with Gasteiger partial charge in [-0.15, -0.1) is 0 Å². The maximum absolute atomic E-state index is 10.7.